The topological polar surface area (TPSA) is 57.8 Å². The molecule has 21 heavy (non-hydrogen) atoms. The van der Waals surface area contributed by atoms with Crippen LogP contribution in [-0.4, -0.2) is 25.4 Å². The number of carbonyl (C=O) groups is 1. The number of fused-ring (bicyclic) bond motifs is 2. The van der Waals surface area contributed by atoms with Crippen molar-refractivity contribution < 1.29 is 9.90 Å². The van der Waals surface area contributed by atoms with Gasteiger partial charge in [-0.15, -0.1) is 11.3 Å². The van der Waals surface area contributed by atoms with Crippen LogP contribution in [0.25, 0.3) is 4.96 Å². The van der Waals surface area contributed by atoms with E-state index in [1.165, 1.54) is 5.56 Å². The molecule has 2 aromatic heterocycles. The van der Waals surface area contributed by atoms with Crippen LogP contribution in [-0.2, 0) is 19.6 Å². The first-order valence-corrected chi connectivity index (χ1v) is 7.55. The number of thiazole rings is 1. The standard InChI is InChI=1S/C15H13N3O2S/c19-14(20)10-1-2-11-6-17(7-12(11)5-10)8-13-9-18-3-4-21-15(18)16-13/h1-5,9H,6-8H2,(H,19,20). The van der Waals surface area contributed by atoms with Crippen molar-refractivity contribution in [1.29, 1.82) is 0 Å². The Morgan fingerprint density at radius 2 is 2.19 bits per heavy atom. The molecule has 1 aliphatic heterocycles. The molecule has 4 rings (SSSR count). The highest BCUT2D eigenvalue weighted by atomic mass is 32.1. The summed E-state index contributed by atoms with van der Waals surface area (Å²) in [5, 5.41) is 11.1. The second kappa shape index (κ2) is 4.68. The maximum Gasteiger partial charge on any atom is 0.335 e. The molecule has 0 radical (unpaired) electrons. The molecule has 5 nitrogen and oxygen atoms in total. The molecule has 0 atom stereocenters. The molecule has 1 aliphatic rings. The zero-order valence-corrected chi connectivity index (χ0v) is 12.0. The maximum absolute atomic E-state index is 11.0. The fraction of sp³-hybridized carbons (Fsp3) is 0.200. The van der Waals surface area contributed by atoms with Gasteiger partial charge in [-0.2, -0.15) is 0 Å². The monoisotopic (exact) mass is 299 g/mol. The molecule has 106 valence electrons. The zero-order valence-electron chi connectivity index (χ0n) is 11.2. The fourth-order valence-corrected chi connectivity index (χ4v) is 3.51. The Bertz CT molecular complexity index is 808. The van der Waals surface area contributed by atoms with Crippen molar-refractivity contribution >= 4 is 22.3 Å². The Morgan fingerprint density at radius 1 is 1.33 bits per heavy atom. The molecule has 1 aromatic carbocycles. The average molecular weight is 299 g/mol. The number of aromatic nitrogens is 2. The Kier molecular flexibility index (Phi) is 2.80. The van der Waals surface area contributed by atoms with E-state index in [0.717, 1.165) is 35.9 Å². The Balaban J connectivity index is 1.53. The van der Waals surface area contributed by atoms with E-state index in [0.29, 0.717) is 5.56 Å². The highest BCUT2D eigenvalue weighted by Gasteiger charge is 2.21. The predicted octanol–water partition coefficient (Wildman–Crippen LogP) is 2.61. The summed E-state index contributed by atoms with van der Waals surface area (Å²) in [5.41, 5.74) is 3.73. The van der Waals surface area contributed by atoms with E-state index in [4.69, 9.17) is 5.11 Å². The molecule has 0 unspecified atom stereocenters. The summed E-state index contributed by atoms with van der Waals surface area (Å²) in [6.45, 7) is 2.41. The van der Waals surface area contributed by atoms with Gasteiger partial charge in [-0.05, 0) is 23.3 Å². The van der Waals surface area contributed by atoms with Gasteiger partial charge in [0.25, 0.3) is 0 Å². The number of carboxylic acid groups (broad SMARTS) is 1. The van der Waals surface area contributed by atoms with E-state index in [9.17, 15) is 4.79 Å². The SMILES string of the molecule is O=C(O)c1ccc2c(c1)CN(Cc1cn3ccsc3n1)C2. The van der Waals surface area contributed by atoms with Crippen molar-refractivity contribution in [3.05, 3.63) is 58.4 Å². The number of nitrogens with zero attached hydrogens (tertiary/aromatic N) is 3. The Labute approximate surface area is 125 Å². The number of benzene rings is 1. The normalized spacial score (nSPS) is 14.7. The van der Waals surface area contributed by atoms with Crippen LogP contribution in [0, 0.1) is 0 Å². The molecule has 0 aliphatic carbocycles. The lowest BCUT2D eigenvalue weighted by atomic mass is 10.1. The molecule has 0 bridgehead atoms. The summed E-state index contributed by atoms with van der Waals surface area (Å²) in [4.78, 5) is 18.9. The van der Waals surface area contributed by atoms with E-state index in [1.807, 2.05) is 22.0 Å². The number of imidazole rings is 1. The number of hydrogen-bond donors (Lipinski definition) is 1. The van der Waals surface area contributed by atoms with Crippen LogP contribution in [0.2, 0.25) is 0 Å². The number of aromatic carboxylic acids is 1. The Hall–Kier alpha value is -2.18. The molecule has 3 aromatic rings. The minimum absolute atomic E-state index is 0.359. The van der Waals surface area contributed by atoms with Gasteiger partial charge >= 0.3 is 5.97 Å². The quantitative estimate of drug-likeness (QED) is 0.807. The smallest absolute Gasteiger partial charge is 0.335 e. The highest BCUT2D eigenvalue weighted by molar-refractivity contribution is 7.15. The fourth-order valence-electron chi connectivity index (χ4n) is 2.79. The van der Waals surface area contributed by atoms with Crippen LogP contribution >= 0.6 is 11.3 Å². The third-order valence-corrected chi connectivity index (χ3v) is 4.54. The largest absolute Gasteiger partial charge is 0.478 e. The van der Waals surface area contributed by atoms with Crippen molar-refractivity contribution in [2.24, 2.45) is 0 Å². The summed E-state index contributed by atoms with van der Waals surface area (Å²) in [6.07, 6.45) is 4.06. The molecule has 0 spiro atoms. The highest BCUT2D eigenvalue weighted by Crippen LogP contribution is 2.25. The second-order valence-corrected chi connectivity index (χ2v) is 6.13. The van der Waals surface area contributed by atoms with E-state index in [2.05, 4.69) is 16.1 Å². The van der Waals surface area contributed by atoms with Gasteiger partial charge in [0.15, 0.2) is 4.96 Å². The second-order valence-electron chi connectivity index (χ2n) is 5.26. The van der Waals surface area contributed by atoms with E-state index < -0.39 is 5.97 Å². The molecule has 3 heterocycles. The van der Waals surface area contributed by atoms with Crippen molar-refractivity contribution in [2.75, 3.05) is 0 Å². The van der Waals surface area contributed by atoms with Gasteiger partial charge in [0.05, 0.1) is 11.3 Å². The minimum Gasteiger partial charge on any atom is -0.478 e. The van der Waals surface area contributed by atoms with Gasteiger partial charge in [-0.3, -0.25) is 9.30 Å². The molecule has 0 fully saturated rings. The van der Waals surface area contributed by atoms with Crippen LogP contribution in [0.5, 0.6) is 0 Å². The average Bonchev–Trinajstić information content (AvgIpc) is 3.10. The molecule has 6 heteroatoms. The van der Waals surface area contributed by atoms with Gasteiger partial charge in [-0.25, -0.2) is 9.78 Å². The van der Waals surface area contributed by atoms with Crippen molar-refractivity contribution in [3.8, 4) is 0 Å². The van der Waals surface area contributed by atoms with Crippen LogP contribution in [0.3, 0.4) is 0 Å². The molecule has 0 amide bonds. The minimum atomic E-state index is -0.870. The van der Waals surface area contributed by atoms with Gasteiger partial charge in [0.2, 0.25) is 0 Å². The zero-order chi connectivity index (χ0) is 14.4. The van der Waals surface area contributed by atoms with Crippen LogP contribution in [0.1, 0.15) is 27.2 Å². The molecule has 0 saturated heterocycles. The molecule has 1 N–H and O–H groups in total. The van der Waals surface area contributed by atoms with Crippen LogP contribution in [0.4, 0.5) is 0 Å². The van der Waals surface area contributed by atoms with Gasteiger partial charge in [-0.1, -0.05) is 6.07 Å². The first-order valence-electron chi connectivity index (χ1n) is 6.67. The Morgan fingerprint density at radius 3 is 3.00 bits per heavy atom. The van der Waals surface area contributed by atoms with Crippen molar-refractivity contribution in [1.82, 2.24) is 14.3 Å². The summed E-state index contributed by atoms with van der Waals surface area (Å²) in [5.74, 6) is -0.870. The first kappa shape index (κ1) is 12.6. The van der Waals surface area contributed by atoms with Gasteiger partial charge < -0.3 is 5.11 Å². The van der Waals surface area contributed by atoms with E-state index in [-0.39, 0.29) is 0 Å². The lowest BCUT2D eigenvalue weighted by molar-refractivity contribution is 0.0696. The predicted molar refractivity (Wildman–Crippen MR) is 79.4 cm³/mol. The third-order valence-electron chi connectivity index (χ3n) is 3.77. The molecule has 0 saturated carbocycles. The van der Waals surface area contributed by atoms with E-state index >= 15 is 0 Å². The van der Waals surface area contributed by atoms with Crippen LogP contribution < -0.4 is 0 Å². The van der Waals surface area contributed by atoms with E-state index in [1.54, 1.807) is 23.5 Å². The summed E-state index contributed by atoms with van der Waals surface area (Å²) in [6, 6.07) is 5.38. The summed E-state index contributed by atoms with van der Waals surface area (Å²) >= 11 is 1.63. The summed E-state index contributed by atoms with van der Waals surface area (Å²) in [7, 11) is 0. The van der Waals surface area contributed by atoms with Crippen LogP contribution in [0.15, 0.2) is 36.0 Å². The molecular weight excluding hydrogens is 286 g/mol. The third kappa shape index (κ3) is 2.22. The van der Waals surface area contributed by atoms with Gasteiger partial charge in [0, 0.05) is 37.4 Å². The first-order chi connectivity index (χ1) is 10.2. The lowest BCUT2D eigenvalue weighted by Crippen LogP contribution is -2.15. The number of hydrogen-bond acceptors (Lipinski definition) is 4. The number of rotatable bonds is 3. The number of carboxylic acids is 1. The van der Waals surface area contributed by atoms with Crippen molar-refractivity contribution in [2.45, 2.75) is 19.6 Å². The van der Waals surface area contributed by atoms with Crippen molar-refractivity contribution in [3.63, 3.8) is 0 Å². The summed E-state index contributed by atoms with van der Waals surface area (Å²) < 4.78 is 2.03. The molecular formula is C15H13N3O2S. The maximum atomic E-state index is 11.0. The lowest BCUT2D eigenvalue weighted by Gasteiger charge is -2.12. The van der Waals surface area contributed by atoms with Gasteiger partial charge in [0.1, 0.15) is 0 Å².